The molecule has 2 N–H and O–H groups in total. The van der Waals surface area contributed by atoms with E-state index in [9.17, 15) is 4.79 Å². The molecule has 4 aromatic rings. The summed E-state index contributed by atoms with van der Waals surface area (Å²) in [6.45, 7) is 0.222. The number of benzene rings is 2. The van der Waals surface area contributed by atoms with Crippen molar-refractivity contribution >= 4 is 17.7 Å². The van der Waals surface area contributed by atoms with Gasteiger partial charge in [-0.05, 0) is 35.5 Å². The third-order valence-electron chi connectivity index (χ3n) is 4.44. The molecule has 12 heteroatoms. The molecule has 4 rings (SSSR count). The van der Waals surface area contributed by atoms with E-state index in [1.165, 1.54) is 16.6 Å². The molecule has 11 nitrogen and oxygen atoms in total. The highest BCUT2D eigenvalue weighted by atomic mass is 32.2. The van der Waals surface area contributed by atoms with E-state index in [1.807, 2.05) is 41.0 Å². The molecule has 0 aliphatic heterocycles. The minimum Gasteiger partial charge on any atom is -0.493 e. The number of tetrazole rings is 1. The molecule has 32 heavy (non-hydrogen) atoms. The second-order valence-electron chi connectivity index (χ2n) is 6.54. The van der Waals surface area contributed by atoms with E-state index in [2.05, 4.69) is 25.6 Å². The minimum absolute atomic E-state index is 0.0932. The third-order valence-corrected chi connectivity index (χ3v) is 5.39. The van der Waals surface area contributed by atoms with Crippen LogP contribution < -0.4 is 15.2 Å². The number of hydrogen-bond donors (Lipinski definition) is 1. The van der Waals surface area contributed by atoms with Gasteiger partial charge in [-0.25, -0.2) is 0 Å². The van der Waals surface area contributed by atoms with Crippen molar-refractivity contribution in [3.05, 3.63) is 54.4 Å². The molecule has 0 fully saturated rings. The summed E-state index contributed by atoms with van der Waals surface area (Å²) < 4.78 is 12.5. The van der Waals surface area contributed by atoms with Gasteiger partial charge in [-0.15, -0.1) is 20.4 Å². The van der Waals surface area contributed by atoms with Crippen LogP contribution in [-0.4, -0.2) is 60.9 Å². The first-order valence-electron chi connectivity index (χ1n) is 9.50. The maximum atomic E-state index is 11.2. The van der Waals surface area contributed by atoms with Crippen molar-refractivity contribution in [3.63, 3.8) is 0 Å². The predicted octanol–water partition coefficient (Wildman–Crippen LogP) is 1.56. The van der Waals surface area contributed by atoms with Crippen LogP contribution in [-0.2, 0) is 11.3 Å². The highest BCUT2D eigenvalue weighted by Crippen LogP contribution is 2.30. The zero-order valence-corrected chi connectivity index (χ0v) is 18.2. The SMILES string of the molecule is COc1ccc(-c2nnn(Cc3nnc(SCC(N)=O)n3-c3ccccc3)n2)cc1OC. The van der Waals surface area contributed by atoms with Crippen LogP contribution in [0.1, 0.15) is 5.82 Å². The van der Waals surface area contributed by atoms with Gasteiger partial charge in [-0.2, -0.15) is 4.80 Å². The fourth-order valence-corrected chi connectivity index (χ4v) is 3.71. The number of primary amides is 1. The summed E-state index contributed by atoms with van der Waals surface area (Å²) in [6, 6.07) is 15.0. The molecule has 2 heterocycles. The van der Waals surface area contributed by atoms with Crippen LogP contribution in [0.25, 0.3) is 17.1 Å². The monoisotopic (exact) mass is 452 g/mol. The Morgan fingerprint density at radius 2 is 1.81 bits per heavy atom. The van der Waals surface area contributed by atoms with E-state index in [4.69, 9.17) is 15.2 Å². The number of ether oxygens (including phenoxy) is 2. The molecule has 0 aliphatic carbocycles. The van der Waals surface area contributed by atoms with Crippen LogP contribution in [0.15, 0.2) is 53.7 Å². The average molecular weight is 453 g/mol. The van der Waals surface area contributed by atoms with Crippen LogP contribution >= 0.6 is 11.8 Å². The largest absolute Gasteiger partial charge is 0.493 e. The number of nitrogens with zero attached hydrogens (tertiary/aromatic N) is 7. The molecule has 0 radical (unpaired) electrons. The summed E-state index contributed by atoms with van der Waals surface area (Å²) in [5, 5.41) is 21.8. The molecule has 0 saturated carbocycles. The zero-order valence-electron chi connectivity index (χ0n) is 17.4. The molecule has 0 saturated heterocycles. The fourth-order valence-electron chi connectivity index (χ4n) is 3.00. The van der Waals surface area contributed by atoms with Gasteiger partial charge in [0.15, 0.2) is 22.5 Å². The first-order valence-corrected chi connectivity index (χ1v) is 10.5. The Labute approximate surface area is 187 Å². The number of para-hydroxylation sites is 1. The van der Waals surface area contributed by atoms with Gasteiger partial charge in [0.2, 0.25) is 11.7 Å². The molecule has 164 valence electrons. The molecule has 0 unspecified atom stereocenters. The van der Waals surface area contributed by atoms with Gasteiger partial charge in [0.25, 0.3) is 0 Å². The van der Waals surface area contributed by atoms with E-state index < -0.39 is 5.91 Å². The Morgan fingerprint density at radius 3 is 2.53 bits per heavy atom. The van der Waals surface area contributed by atoms with Crippen LogP contribution in [0.4, 0.5) is 0 Å². The molecule has 0 spiro atoms. The Kier molecular flexibility index (Phi) is 6.31. The maximum absolute atomic E-state index is 11.2. The van der Waals surface area contributed by atoms with Gasteiger partial charge in [-0.3, -0.25) is 9.36 Å². The van der Waals surface area contributed by atoms with Gasteiger partial charge in [0, 0.05) is 11.3 Å². The van der Waals surface area contributed by atoms with Crippen molar-refractivity contribution < 1.29 is 14.3 Å². The third kappa shape index (κ3) is 4.54. The molecule has 2 aromatic heterocycles. The van der Waals surface area contributed by atoms with E-state index in [1.54, 1.807) is 26.4 Å². The number of rotatable bonds is 9. The number of thioether (sulfide) groups is 1. The summed E-state index contributed by atoms with van der Waals surface area (Å²) in [6.07, 6.45) is 0. The van der Waals surface area contributed by atoms with Gasteiger partial charge < -0.3 is 15.2 Å². The van der Waals surface area contributed by atoms with Crippen molar-refractivity contribution in [2.24, 2.45) is 5.73 Å². The summed E-state index contributed by atoms with van der Waals surface area (Å²) >= 11 is 1.21. The van der Waals surface area contributed by atoms with E-state index in [-0.39, 0.29) is 12.3 Å². The van der Waals surface area contributed by atoms with E-state index in [0.717, 1.165) is 11.3 Å². The molecular formula is C20H20N8O3S. The highest BCUT2D eigenvalue weighted by molar-refractivity contribution is 7.99. The van der Waals surface area contributed by atoms with Crippen LogP contribution in [0.2, 0.25) is 0 Å². The maximum Gasteiger partial charge on any atom is 0.227 e. The number of hydrogen-bond acceptors (Lipinski definition) is 9. The topological polar surface area (TPSA) is 136 Å². The molecule has 2 aromatic carbocycles. The Hall–Kier alpha value is -3.93. The Bertz CT molecular complexity index is 1220. The van der Waals surface area contributed by atoms with Crippen LogP contribution in [0.5, 0.6) is 11.5 Å². The number of carbonyl (C=O) groups is 1. The molecule has 1 amide bonds. The molecule has 0 aliphatic rings. The fraction of sp³-hybridized carbons (Fsp3) is 0.200. The van der Waals surface area contributed by atoms with Crippen molar-refractivity contribution in [1.82, 2.24) is 35.0 Å². The van der Waals surface area contributed by atoms with Crippen LogP contribution in [0.3, 0.4) is 0 Å². The number of methoxy groups -OCH3 is 2. The number of carbonyl (C=O) groups excluding carboxylic acids is 1. The Balaban J connectivity index is 1.63. The van der Waals surface area contributed by atoms with Crippen molar-refractivity contribution in [2.45, 2.75) is 11.7 Å². The highest BCUT2D eigenvalue weighted by Gasteiger charge is 2.17. The van der Waals surface area contributed by atoms with Gasteiger partial charge >= 0.3 is 0 Å². The zero-order chi connectivity index (χ0) is 22.5. The first-order chi connectivity index (χ1) is 15.6. The van der Waals surface area contributed by atoms with E-state index in [0.29, 0.717) is 28.3 Å². The van der Waals surface area contributed by atoms with Crippen LogP contribution in [0, 0.1) is 0 Å². The second-order valence-corrected chi connectivity index (χ2v) is 7.48. The second kappa shape index (κ2) is 9.47. The Morgan fingerprint density at radius 1 is 1.03 bits per heavy atom. The number of amides is 1. The summed E-state index contributed by atoms with van der Waals surface area (Å²) in [5.41, 5.74) is 6.87. The summed E-state index contributed by atoms with van der Waals surface area (Å²) in [4.78, 5) is 12.7. The average Bonchev–Trinajstić information content (AvgIpc) is 3.45. The molecule has 0 atom stereocenters. The standard InChI is InChI=1S/C20H20N8O3S/c1-30-15-9-8-13(10-16(15)31-2)19-23-26-27(25-19)11-18-22-24-20(32-12-17(21)29)28(18)14-6-4-3-5-7-14/h3-10H,11-12H2,1-2H3,(H2,21,29). The lowest BCUT2D eigenvalue weighted by Gasteiger charge is -2.09. The number of nitrogens with two attached hydrogens (primary N) is 1. The predicted molar refractivity (Wildman–Crippen MR) is 117 cm³/mol. The number of aromatic nitrogens is 7. The van der Waals surface area contributed by atoms with E-state index >= 15 is 0 Å². The van der Waals surface area contributed by atoms with Gasteiger partial charge in [-0.1, -0.05) is 30.0 Å². The first kappa shape index (κ1) is 21.3. The minimum atomic E-state index is -0.434. The van der Waals surface area contributed by atoms with Crippen molar-refractivity contribution in [2.75, 3.05) is 20.0 Å². The lowest BCUT2D eigenvalue weighted by Crippen LogP contribution is -2.14. The smallest absolute Gasteiger partial charge is 0.227 e. The lowest BCUT2D eigenvalue weighted by molar-refractivity contribution is -0.115. The quantitative estimate of drug-likeness (QED) is 0.375. The molecule has 0 bridgehead atoms. The summed E-state index contributed by atoms with van der Waals surface area (Å²) in [5.74, 6) is 1.86. The van der Waals surface area contributed by atoms with Gasteiger partial charge in [0.1, 0.15) is 6.54 Å². The van der Waals surface area contributed by atoms with Crippen molar-refractivity contribution in [3.8, 4) is 28.6 Å². The molecular weight excluding hydrogens is 432 g/mol. The lowest BCUT2D eigenvalue weighted by atomic mass is 10.2. The van der Waals surface area contributed by atoms with Gasteiger partial charge in [0.05, 0.1) is 20.0 Å². The van der Waals surface area contributed by atoms with Crippen molar-refractivity contribution in [1.29, 1.82) is 0 Å². The summed E-state index contributed by atoms with van der Waals surface area (Å²) in [7, 11) is 3.14. The normalized spacial score (nSPS) is 10.8.